The fourth-order valence-corrected chi connectivity index (χ4v) is 3.11. The molecule has 0 unspecified atom stereocenters. The van der Waals surface area contributed by atoms with Gasteiger partial charge in [-0.25, -0.2) is 0 Å². The molecule has 0 aliphatic heterocycles. The molecular formula is C19H21N3O2S. The molecule has 1 atom stereocenters. The van der Waals surface area contributed by atoms with Crippen molar-refractivity contribution >= 4 is 34.4 Å². The number of benzene rings is 2. The molecule has 0 saturated carbocycles. The summed E-state index contributed by atoms with van der Waals surface area (Å²) in [6.45, 7) is 6.25. The number of carbonyl (C=O) groups is 1. The van der Waals surface area contributed by atoms with Crippen LogP contribution in [0.2, 0.25) is 0 Å². The Bertz CT molecular complexity index is 874. The summed E-state index contributed by atoms with van der Waals surface area (Å²) in [6, 6.07) is 11.7. The Balaban J connectivity index is 1.63. The van der Waals surface area contributed by atoms with Gasteiger partial charge in [-0.05, 0) is 48.6 Å². The summed E-state index contributed by atoms with van der Waals surface area (Å²) in [5.41, 5.74) is 4.43. The molecule has 0 saturated heterocycles. The molecule has 0 spiro atoms. The molecule has 0 aliphatic rings. The fraction of sp³-hybridized carbons (Fsp3) is 0.316. The Hall–Kier alpha value is -2.47. The number of hydrogen-bond donors (Lipinski definition) is 1. The molecule has 1 aromatic heterocycles. The second-order valence-electron chi connectivity index (χ2n) is 6.10. The highest BCUT2D eigenvalue weighted by Crippen LogP contribution is 2.25. The highest BCUT2D eigenvalue weighted by Gasteiger charge is 2.12. The Morgan fingerprint density at radius 2 is 1.96 bits per heavy atom. The van der Waals surface area contributed by atoms with Crippen LogP contribution in [0, 0.1) is 6.92 Å². The SMILES string of the molecule is CC[C@@H](C)c1ccc(OCC(=O)Nc2c(C)ccc3nsnc23)cc1. The molecule has 0 aliphatic carbocycles. The third-order valence-corrected chi connectivity index (χ3v) is 4.87. The molecule has 1 amide bonds. The van der Waals surface area contributed by atoms with Crippen molar-refractivity contribution in [3.05, 3.63) is 47.5 Å². The number of carbonyl (C=O) groups excluding carboxylic acids is 1. The van der Waals surface area contributed by atoms with Crippen molar-refractivity contribution in [1.82, 2.24) is 8.75 Å². The van der Waals surface area contributed by atoms with E-state index in [1.54, 1.807) is 0 Å². The molecule has 130 valence electrons. The standard InChI is InChI=1S/C19H21N3O2S/c1-4-12(2)14-6-8-15(9-7-14)24-11-17(23)20-18-13(3)5-10-16-19(18)22-25-21-16/h5-10,12H,4,11H2,1-3H3,(H,20,23)/t12-/m1/s1. The monoisotopic (exact) mass is 355 g/mol. The highest BCUT2D eigenvalue weighted by molar-refractivity contribution is 7.00. The Morgan fingerprint density at radius 3 is 2.68 bits per heavy atom. The van der Waals surface area contributed by atoms with E-state index < -0.39 is 0 Å². The van der Waals surface area contributed by atoms with E-state index >= 15 is 0 Å². The molecule has 3 rings (SSSR count). The normalized spacial score (nSPS) is 12.1. The van der Waals surface area contributed by atoms with E-state index in [2.05, 4.69) is 27.9 Å². The molecule has 2 aromatic carbocycles. The zero-order valence-corrected chi connectivity index (χ0v) is 15.4. The van der Waals surface area contributed by atoms with Crippen molar-refractivity contribution in [1.29, 1.82) is 0 Å². The van der Waals surface area contributed by atoms with Gasteiger partial charge >= 0.3 is 0 Å². The van der Waals surface area contributed by atoms with E-state index in [9.17, 15) is 4.79 Å². The van der Waals surface area contributed by atoms with Gasteiger partial charge in [-0.1, -0.05) is 32.0 Å². The molecule has 0 bridgehead atoms. The van der Waals surface area contributed by atoms with Crippen molar-refractivity contribution in [2.75, 3.05) is 11.9 Å². The van der Waals surface area contributed by atoms with E-state index in [4.69, 9.17) is 4.74 Å². The lowest BCUT2D eigenvalue weighted by molar-refractivity contribution is -0.118. The van der Waals surface area contributed by atoms with Crippen LogP contribution in [0.4, 0.5) is 5.69 Å². The van der Waals surface area contributed by atoms with Crippen molar-refractivity contribution in [3.63, 3.8) is 0 Å². The average Bonchev–Trinajstić information content (AvgIpc) is 3.11. The molecule has 5 nitrogen and oxygen atoms in total. The summed E-state index contributed by atoms with van der Waals surface area (Å²) in [7, 11) is 0. The first-order valence-corrected chi connectivity index (χ1v) is 9.06. The van der Waals surface area contributed by atoms with Crippen LogP contribution in [-0.2, 0) is 4.79 Å². The third-order valence-electron chi connectivity index (χ3n) is 4.33. The van der Waals surface area contributed by atoms with Gasteiger partial charge in [0.2, 0.25) is 0 Å². The summed E-state index contributed by atoms with van der Waals surface area (Å²) in [5.74, 6) is 0.995. The molecule has 1 heterocycles. The first-order chi connectivity index (χ1) is 12.1. The van der Waals surface area contributed by atoms with Gasteiger partial charge in [0.05, 0.1) is 17.4 Å². The Morgan fingerprint density at radius 1 is 1.20 bits per heavy atom. The van der Waals surface area contributed by atoms with E-state index in [0.717, 1.165) is 34.7 Å². The third kappa shape index (κ3) is 3.96. The number of nitrogens with one attached hydrogen (secondary N) is 1. The summed E-state index contributed by atoms with van der Waals surface area (Å²) < 4.78 is 14.1. The number of anilines is 1. The number of aryl methyl sites for hydroxylation is 1. The van der Waals surface area contributed by atoms with Crippen molar-refractivity contribution in [3.8, 4) is 5.75 Å². The smallest absolute Gasteiger partial charge is 0.262 e. The van der Waals surface area contributed by atoms with Gasteiger partial charge in [-0.2, -0.15) is 8.75 Å². The molecule has 25 heavy (non-hydrogen) atoms. The minimum absolute atomic E-state index is 0.0456. The number of hydrogen-bond acceptors (Lipinski definition) is 5. The van der Waals surface area contributed by atoms with Crippen molar-refractivity contribution in [2.45, 2.75) is 33.1 Å². The van der Waals surface area contributed by atoms with E-state index in [0.29, 0.717) is 17.4 Å². The number of nitrogens with zero attached hydrogens (tertiary/aromatic N) is 2. The average molecular weight is 355 g/mol. The predicted octanol–water partition coefficient (Wildman–Crippen LogP) is 4.53. The minimum Gasteiger partial charge on any atom is -0.484 e. The van der Waals surface area contributed by atoms with Gasteiger partial charge in [-0.3, -0.25) is 4.79 Å². The first kappa shape index (κ1) is 17.4. The summed E-state index contributed by atoms with van der Waals surface area (Å²) >= 11 is 1.14. The quantitative estimate of drug-likeness (QED) is 0.705. The van der Waals surface area contributed by atoms with Crippen LogP contribution in [0.25, 0.3) is 11.0 Å². The lowest BCUT2D eigenvalue weighted by atomic mass is 9.99. The van der Waals surface area contributed by atoms with Crippen LogP contribution in [0.15, 0.2) is 36.4 Å². The first-order valence-electron chi connectivity index (χ1n) is 8.33. The molecule has 1 N–H and O–H groups in total. The van der Waals surface area contributed by atoms with Gasteiger partial charge < -0.3 is 10.1 Å². The van der Waals surface area contributed by atoms with Gasteiger partial charge in [-0.15, -0.1) is 0 Å². The Kier molecular flexibility index (Phi) is 5.28. The van der Waals surface area contributed by atoms with E-state index in [1.165, 1.54) is 5.56 Å². The minimum atomic E-state index is -0.213. The summed E-state index contributed by atoms with van der Waals surface area (Å²) in [5, 5.41) is 2.89. The second-order valence-corrected chi connectivity index (χ2v) is 6.63. The van der Waals surface area contributed by atoms with Crippen LogP contribution < -0.4 is 10.1 Å². The zero-order chi connectivity index (χ0) is 17.8. The van der Waals surface area contributed by atoms with Gasteiger partial charge in [0, 0.05) is 0 Å². The maximum absolute atomic E-state index is 12.2. The van der Waals surface area contributed by atoms with Crippen LogP contribution in [0.3, 0.4) is 0 Å². The van der Waals surface area contributed by atoms with Crippen molar-refractivity contribution in [2.24, 2.45) is 0 Å². The van der Waals surface area contributed by atoms with E-state index in [-0.39, 0.29) is 12.5 Å². The number of amides is 1. The van der Waals surface area contributed by atoms with Crippen LogP contribution >= 0.6 is 11.7 Å². The second kappa shape index (κ2) is 7.61. The largest absolute Gasteiger partial charge is 0.484 e. The lowest BCUT2D eigenvalue weighted by Gasteiger charge is -2.12. The van der Waals surface area contributed by atoms with E-state index in [1.807, 2.05) is 43.3 Å². The highest BCUT2D eigenvalue weighted by atomic mass is 32.1. The van der Waals surface area contributed by atoms with Crippen molar-refractivity contribution < 1.29 is 9.53 Å². The maximum atomic E-state index is 12.2. The van der Waals surface area contributed by atoms with Gasteiger partial charge in [0.1, 0.15) is 16.8 Å². The summed E-state index contributed by atoms with van der Waals surface area (Å²) in [6.07, 6.45) is 1.10. The number of aromatic nitrogens is 2. The molecule has 3 aromatic rings. The van der Waals surface area contributed by atoms with Gasteiger partial charge in [0.15, 0.2) is 6.61 Å². The topological polar surface area (TPSA) is 64.1 Å². The number of fused-ring (bicyclic) bond motifs is 1. The van der Waals surface area contributed by atoms with Gasteiger partial charge in [0.25, 0.3) is 5.91 Å². The molecular weight excluding hydrogens is 334 g/mol. The molecule has 0 radical (unpaired) electrons. The zero-order valence-electron chi connectivity index (χ0n) is 14.6. The predicted molar refractivity (Wildman–Crippen MR) is 101 cm³/mol. The van der Waals surface area contributed by atoms with Crippen LogP contribution in [-0.4, -0.2) is 21.3 Å². The fourth-order valence-electron chi connectivity index (χ4n) is 2.56. The molecule has 0 fully saturated rings. The van der Waals surface area contributed by atoms with Crippen LogP contribution in [0.1, 0.15) is 37.3 Å². The maximum Gasteiger partial charge on any atom is 0.262 e. The lowest BCUT2D eigenvalue weighted by Crippen LogP contribution is -2.20. The number of rotatable bonds is 6. The van der Waals surface area contributed by atoms with Crippen LogP contribution in [0.5, 0.6) is 5.75 Å². The summed E-state index contributed by atoms with van der Waals surface area (Å²) in [4.78, 5) is 12.2. The molecule has 6 heteroatoms. The Labute approximate surface area is 151 Å². The number of ether oxygens (including phenoxy) is 1.